The van der Waals surface area contributed by atoms with Crippen molar-refractivity contribution in [1.29, 1.82) is 0 Å². The van der Waals surface area contributed by atoms with E-state index in [1.807, 2.05) is 19.1 Å². The first-order valence-corrected chi connectivity index (χ1v) is 9.85. The molecule has 0 N–H and O–H groups in total. The maximum Gasteiger partial charge on any atom is 0.251 e. The molecule has 2 saturated heterocycles. The lowest BCUT2D eigenvalue weighted by Crippen LogP contribution is -2.65. The molecule has 0 spiro atoms. The predicted octanol–water partition coefficient (Wildman–Crippen LogP) is 3.23. The summed E-state index contributed by atoms with van der Waals surface area (Å²) in [5, 5.41) is 0.750. The minimum Gasteiger partial charge on any atom is -0.380 e. The van der Waals surface area contributed by atoms with Gasteiger partial charge in [0.2, 0.25) is 5.91 Å². The maximum absolute atomic E-state index is 14.4. The van der Waals surface area contributed by atoms with Crippen LogP contribution in [0.3, 0.4) is 0 Å². The Bertz CT molecular complexity index is 983. The second kappa shape index (κ2) is 7.89. The minimum atomic E-state index is -0.752. The molecule has 152 valence electrons. The molecule has 0 saturated carbocycles. The van der Waals surface area contributed by atoms with Crippen LogP contribution >= 0.6 is 23.2 Å². The average molecular weight is 438 g/mol. The highest BCUT2D eigenvalue weighted by atomic mass is 35.5. The summed E-state index contributed by atoms with van der Waals surface area (Å²) >= 11 is 11.9. The molecule has 1 aromatic carbocycles. The van der Waals surface area contributed by atoms with Crippen LogP contribution in [0.4, 0.5) is 10.2 Å². The van der Waals surface area contributed by atoms with E-state index in [9.17, 15) is 14.0 Å². The fourth-order valence-electron chi connectivity index (χ4n) is 3.62. The SMILES string of the molecule is Cc1cc(CN2C(=O)CN(c3ncc(Cl)cc3F)C(=O)[C@H]2C2COC2)ccc1Cl. The van der Waals surface area contributed by atoms with Crippen molar-refractivity contribution in [2.75, 3.05) is 24.7 Å². The Labute approximate surface area is 177 Å². The summed E-state index contributed by atoms with van der Waals surface area (Å²) in [6.45, 7) is 2.58. The van der Waals surface area contributed by atoms with E-state index >= 15 is 0 Å². The molecule has 2 aliphatic rings. The number of piperazine rings is 1. The Morgan fingerprint density at radius 3 is 2.62 bits per heavy atom. The Hall–Kier alpha value is -2.22. The highest BCUT2D eigenvalue weighted by Gasteiger charge is 2.47. The molecule has 29 heavy (non-hydrogen) atoms. The quantitative estimate of drug-likeness (QED) is 0.736. The number of benzene rings is 1. The zero-order valence-electron chi connectivity index (χ0n) is 15.6. The molecular formula is C20H18Cl2FN3O3. The van der Waals surface area contributed by atoms with Gasteiger partial charge in [0.05, 0.1) is 18.2 Å². The number of amides is 2. The smallest absolute Gasteiger partial charge is 0.251 e. The molecule has 0 radical (unpaired) electrons. The normalized spacial score (nSPS) is 20.2. The number of anilines is 1. The first kappa shape index (κ1) is 20.1. The van der Waals surface area contributed by atoms with E-state index in [0.29, 0.717) is 18.2 Å². The third-order valence-corrected chi connectivity index (χ3v) is 5.83. The van der Waals surface area contributed by atoms with Crippen molar-refractivity contribution in [2.24, 2.45) is 5.92 Å². The highest BCUT2D eigenvalue weighted by molar-refractivity contribution is 6.31. The van der Waals surface area contributed by atoms with Gasteiger partial charge in [0.15, 0.2) is 11.6 Å². The maximum atomic E-state index is 14.4. The molecule has 4 rings (SSSR count). The second-order valence-corrected chi connectivity index (χ2v) is 8.07. The Morgan fingerprint density at radius 1 is 1.24 bits per heavy atom. The van der Waals surface area contributed by atoms with Crippen LogP contribution in [0.5, 0.6) is 0 Å². The Kier molecular flexibility index (Phi) is 5.46. The summed E-state index contributed by atoms with van der Waals surface area (Å²) in [7, 11) is 0. The van der Waals surface area contributed by atoms with Crippen LogP contribution in [0.1, 0.15) is 11.1 Å². The van der Waals surface area contributed by atoms with Crippen LogP contribution in [0.15, 0.2) is 30.5 Å². The first-order chi connectivity index (χ1) is 13.8. The molecule has 2 amide bonds. The number of carbonyl (C=O) groups is 2. The summed E-state index contributed by atoms with van der Waals surface area (Å²) in [5.74, 6) is -1.76. The van der Waals surface area contributed by atoms with Crippen molar-refractivity contribution in [3.05, 3.63) is 57.5 Å². The number of aromatic nitrogens is 1. The van der Waals surface area contributed by atoms with Crippen LogP contribution < -0.4 is 4.90 Å². The van der Waals surface area contributed by atoms with Crippen molar-refractivity contribution in [1.82, 2.24) is 9.88 Å². The zero-order chi connectivity index (χ0) is 20.7. The van der Waals surface area contributed by atoms with Gasteiger partial charge in [0.1, 0.15) is 12.6 Å². The van der Waals surface area contributed by atoms with Crippen molar-refractivity contribution in [2.45, 2.75) is 19.5 Å². The molecule has 3 heterocycles. The predicted molar refractivity (Wildman–Crippen MR) is 106 cm³/mol. The van der Waals surface area contributed by atoms with Crippen LogP contribution in [-0.4, -0.2) is 47.5 Å². The second-order valence-electron chi connectivity index (χ2n) is 7.23. The van der Waals surface area contributed by atoms with Crippen molar-refractivity contribution in [3.8, 4) is 0 Å². The van der Waals surface area contributed by atoms with Crippen molar-refractivity contribution >= 4 is 40.8 Å². The van der Waals surface area contributed by atoms with E-state index in [0.717, 1.165) is 22.1 Å². The number of halogens is 3. The molecule has 2 aliphatic heterocycles. The van der Waals surface area contributed by atoms with Gasteiger partial charge >= 0.3 is 0 Å². The third-order valence-electron chi connectivity index (χ3n) is 5.20. The van der Waals surface area contributed by atoms with Gasteiger partial charge in [-0.25, -0.2) is 9.37 Å². The summed E-state index contributed by atoms with van der Waals surface area (Å²) in [4.78, 5) is 32.9. The number of pyridine rings is 1. The Balaban J connectivity index is 1.66. The fraction of sp³-hybridized carbons (Fsp3) is 0.350. The first-order valence-electron chi connectivity index (χ1n) is 9.10. The molecule has 2 aromatic rings. The zero-order valence-corrected chi connectivity index (χ0v) is 17.1. The van der Waals surface area contributed by atoms with Crippen LogP contribution in [0.2, 0.25) is 10.0 Å². The van der Waals surface area contributed by atoms with Gasteiger partial charge in [0, 0.05) is 23.7 Å². The van der Waals surface area contributed by atoms with E-state index in [4.69, 9.17) is 27.9 Å². The number of hydrogen-bond donors (Lipinski definition) is 0. The minimum absolute atomic E-state index is 0.116. The molecule has 0 unspecified atom stereocenters. The van der Waals surface area contributed by atoms with Gasteiger partial charge in [-0.15, -0.1) is 0 Å². The number of ether oxygens (including phenoxy) is 1. The fourth-order valence-corrected chi connectivity index (χ4v) is 3.88. The Morgan fingerprint density at radius 2 is 2.00 bits per heavy atom. The van der Waals surface area contributed by atoms with Crippen molar-refractivity contribution in [3.63, 3.8) is 0 Å². The van der Waals surface area contributed by atoms with E-state index in [-0.39, 0.29) is 41.7 Å². The van der Waals surface area contributed by atoms with Gasteiger partial charge in [-0.1, -0.05) is 35.3 Å². The van der Waals surface area contributed by atoms with Crippen molar-refractivity contribution < 1.29 is 18.7 Å². The molecular weight excluding hydrogens is 420 g/mol. The van der Waals surface area contributed by atoms with E-state index in [1.165, 1.54) is 6.20 Å². The monoisotopic (exact) mass is 437 g/mol. The summed E-state index contributed by atoms with van der Waals surface area (Å²) in [5.41, 5.74) is 1.75. The molecule has 1 aromatic heterocycles. The lowest BCUT2D eigenvalue weighted by atomic mass is 9.92. The van der Waals surface area contributed by atoms with Gasteiger partial charge in [-0.3, -0.25) is 14.5 Å². The lowest BCUT2D eigenvalue weighted by Gasteiger charge is -2.45. The van der Waals surface area contributed by atoms with Gasteiger partial charge in [0.25, 0.3) is 5.91 Å². The topological polar surface area (TPSA) is 62.7 Å². The summed E-state index contributed by atoms with van der Waals surface area (Å²) in [6.07, 6.45) is 1.25. The van der Waals surface area contributed by atoms with E-state index < -0.39 is 11.9 Å². The average Bonchev–Trinajstić information content (AvgIpc) is 2.62. The number of hydrogen-bond acceptors (Lipinski definition) is 4. The van der Waals surface area contributed by atoms with Gasteiger partial charge in [-0.2, -0.15) is 0 Å². The summed E-state index contributed by atoms with van der Waals surface area (Å²) in [6, 6.07) is 5.81. The molecule has 1 atom stereocenters. The number of rotatable bonds is 4. The highest BCUT2D eigenvalue weighted by Crippen LogP contribution is 2.31. The number of nitrogens with zero attached hydrogens (tertiary/aromatic N) is 3. The number of carbonyl (C=O) groups excluding carboxylic acids is 2. The number of aryl methyl sites for hydroxylation is 1. The molecule has 0 aliphatic carbocycles. The van der Waals surface area contributed by atoms with Gasteiger partial charge < -0.3 is 9.64 Å². The van der Waals surface area contributed by atoms with Crippen LogP contribution in [0, 0.1) is 18.7 Å². The largest absolute Gasteiger partial charge is 0.380 e. The summed E-state index contributed by atoms with van der Waals surface area (Å²) < 4.78 is 19.6. The molecule has 6 nitrogen and oxygen atoms in total. The van der Waals surface area contributed by atoms with Crippen LogP contribution in [-0.2, 0) is 20.9 Å². The standard InChI is InChI=1S/C20H18Cl2FN3O3/c1-11-4-12(2-3-15(11)22)7-25-17(27)8-26(19-16(23)5-14(21)6-24-19)20(28)18(25)13-9-29-10-13/h2-6,13,18H,7-10H2,1H3/t18-/m1/s1. The molecule has 9 heteroatoms. The molecule has 0 bridgehead atoms. The van der Waals surface area contributed by atoms with E-state index in [1.54, 1.807) is 11.0 Å². The van der Waals surface area contributed by atoms with Gasteiger partial charge in [-0.05, 0) is 30.2 Å². The third kappa shape index (κ3) is 3.82. The van der Waals surface area contributed by atoms with Crippen LogP contribution in [0.25, 0.3) is 0 Å². The molecule has 2 fully saturated rings. The van der Waals surface area contributed by atoms with E-state index in [2.05, 4.69) is 4.98 Å². The lowest BCUT2D eigenvalue weighted by molar-refractivity contribution is -0.155.